The Kier molecular flexibility index (Phi) is 5.39. The van der Waals surface area contributed by atoms with E-state index in [1.165, 1.54) is 0 Å². The number of carbonyl (C=O) groups is 1. The first-order valence-electron chi connectivity index (χ1n) is 7.33. The van der Waals surface area contributed by atoms with Gasteiger partial charge >= 0.3 is 5.97 Å². The van der Waals surface area contributed by atoms with Crippen LogP contribution in [0.25, 0.3) is 0 Å². The molecule has 1 N–H and O–H groups in total. The van der Waals surface area contributed by atoms with E-state index in [0.29, 0.717) is 6.61 Å². The zero-order valence-corrected chi connectivity index (χ0v) is 13.7. The van der Waals surface area contributed by atoms with E-state index in [0.717, 1.165) is 30.0 Å². The Labute approximate surface area is 130 Å². The molecule has 1 fully saturated rings. The molecule has 5 heteroatoms. The lowest BCUT2D eigenvalue weighted by atomic mass is 9.89. The fourth-order valence-electron chi connectivity index (χ4n) is 2.66. The maximum atomic E-state index is 12.6. The summed E-state index contributed by atoms with van der Waals surface area (Å²) in [7, 11) is 1.64. The molecule has 2 atom stereocenters. The predicted octanol–water partition coefficient (Wildman–Crippen LogP) is 3.32. The number of rotatable bonds is 5. The molecule has 1 aliphatic heterocycles. The van der Waals surface area contributed by atoms with Crippen LogP contribution in [-0.4, -0.2) is 36.2 Å². The van der Waals surface area contributed by atoms with Gasteiger partial charge < -0.3 is 14.8 Å². The molecule has 0 aliphatic carbocycles. The number of anilines is 1. The summed E-state index contributed by atoms with van der Waals surface area (Å²) in [5.74, 6) is 1.70. The van der Waals surface area contributed by atoms with Crippen LogP contribution < -0.4 is 10.1 Å². The molecule has 4 nitrogen and oxygen atoms in total. The first-order valence-corrected chi connectivity index (χ1v) is 8.38. The highest BCUT2D eigenvalue weighted by Gasteiger charge is 2.47. The van der Waals surface area contributed by atoms with Gasteiger partial charge in [-0.15, -0.1) is 0 Å². The van der Waals surface area contributed by atoms with Crippen molar-refractivity contribution in [3.8, 4) is 5.75 Å². The predicted molar refractivity (Wildman–Crippen MR) is 87.1 cm³/mol. The average molecular weight is 309 g/mol. The lowest BCUT2D eigenvalue weighted by Gasteiger charge is -2.41. The zero-order valence-electron chi connectivity index (χ0n) is 12.8. The van der Waals surface area contributed by atoms with Gasteiger partial charge in [-0.05, 0) is 37.7 Å². The van der Waals surface area contributed by atoms with E-state index in [4.69, 9.17) is 9.47 Å². The van der Waals surface area contributed by atoms with Crippen LogP contribution in [0.4, 0.5) is 5.69 Å². The minimum absolute atomic E-state index is 0.160. The van der Waals surface area contributed by atoms with Crippen molar-refractivity contribution in [3.05, 3.63) is 24.3 Å². The van der Waals surface area contributed by atoms with Crippen LogP contribution in [0.1, 0.15) is 26.7 Å². The number of hydrogen-bond donors (Lipinski definition) is 1. The quantitative estimate of drug-likeness (QED) is 0.846. The second kappa shape index (κ2) is 7.07. The molecule has 0 aromatic heterocycles. The summed E-state index contributed by atoms with van der Waals surface area (Å²) < 4.78 is 10.6. The summed E-state index contributed by atoms with van der Waals surface area (Å²) in [6.07, 6.45) is 1.79. The molecule has 0 saturated carbocycles. The number of nitrogens with one attached hydrogen (secondary N) is 1. The Morgan fingerprint density at radius 2 is 2.33 bits per heavy atom. The van der Waals surface area contributed by atoms with Gasteiger partial charge in [-0.3, -0.25) is 0 Å². The summed E-state index contributed by atoms with van der Waals surface area (Å²) in [6, 6.07) is 7.67. The monoisotopic (exact) mass is 309 g/mol. The van der Waals surface area contributed by atoms with Crippen LogP contribution in [0, 0.1) is 0 Å². The highest BCUT2D eigenvalue weighted by atomic mass is 32.2. The summed E-state index contributed by atoms with van der Waals surface area (Å²) in [5.41, 5.74) is 0.224. The molecule has 0 spiro atoms. The second-order valence-corrected chi connectivity index (χ2v) is 6.61. The molecule has 1 aliphatic rings. The molecule has 2 unspecified atom stereocenters. The maximum absolute atomic E-state index is 12.6. The molecule has 116 valence electrons. The second-order valence-electron chi connectivity index (χ2n) is 5.17. The van der Waals surface area contributed by atoms with Crippen LogP contribution in [0.2, 0.25) is 0 Å². The molecule has 21 heavy (non-hydrogen) atoms. The largest absolute Gasteiger partial charge is 0.497 e. The van der Waals surface area contributed by atoms with E-state index >= 15 is 0 Å². The first kappa shape index (κ1) is 16.0. The Balaban J connectivity index is 2.28. The van der Waals surface area contributed by atoms with Crippen molar-refractivity contribution in [1.82, 2.24) is 0 Å². The fraction of sp³-hybridized carbons (Fsp3) is 0.562. The van der Waals surface area contributed by atoms with Crippen molar-refractivity contribution in [2.75, 3.05) is 24.8 Å². The van der Waals surface area contributed by atoms with Crippen molar-refractivity contribution in [1.29, 1.82) is 0 Å². The summed E-state index contributed by atoms with van der Waals surface area (Å²) in [4.78, 5) is 12.6. The lowest BCUT2D eigenvalue weighted by molar-refractivity contribution is -0.148. The minimum Gasteiger partial charge on any atom is -0.497 e. The Morgan fingerprint density at radius 3 is 3.00 bits per heavy atom. The van der Waals surface area contributed by atoms with Gasteiger partial charge in [0.05, 0.1) is 13.7 Å². The SMILES string of the molecule is CCOC(=O)C1(Nc2cccc(OC)c2)CCCSC1C. The molecule has 0 amide bonds. The summed E-state index contributed by atoms with van der Waals surface area (Å²) in [5, 5.41) is 3.59. The van der Waals surface area contributed by atoms with Gasteiger partial charge in [0, 0.05) is 17.0 Å². The van der Waals surface area contributed by atoms with Gasteiger partial charge in [-0.25, -0.2) is 4.79 Å². The summed E-state index contributed by atoms with van der Waals surface area (Å²) in [6.45, 7) is 4.34. The third kappa shape index (κ3) is 3.46. The minimum atomic E-state index is -0.661. The molecule has 1 aromatic carbocycles. The molecule has 0 radical (unpaired) electrons. The number of hydrogen-bond acceptors (Lipinski definition) is 5. The first-order chi connectivity index (χ1) is 10.1. The van der Waals surface area contributed by atoms with E-state index in [9.17, 15) is 4.79 Å². The van der Waals surface area contributed by atoms with E-state index in [1.54, 1.807) is 7.11 Å². The van der Waals surface area contributed by atoms with Gasteiger partial charge in [0.2, 0.25) is 0 Å². The zero-order chi connectivity index (χ0) is 15.3. The molecular weight excluding hydrogens is 286 g/mol. The van der Waals surface area contributed by atoms with E-state index < -0.39 is 5.54 Å². The number of methoxy groups -OCH3 is 1. The van der Waals surface area contributed by atoms with Crippen molar-refractivity contribution >= 4 is 23.4 Å². The van der Waals surface area contributed by atoms with Gasteiger partial charge in [-0.2, -0.15) is 11.8 Å². The van der Waals surface area contributed by atoms with Crippen molar-refractivity contribution in [3.63, 3.8) is 0 Å². The summed E-state index contributed by atoms with van der Waals surface area (Å²) >= 11 is 1.81. The van der Waals surface area contributed by atoms with Gasteiger partial charge in [0.25, 0.3) is 0 Å². The standard InChI is InChI=1S/C16H23NO3S/c1-4-20-15(18)16(9-6-10-21-12(16)2)17-13-7-5-8-14(11-13)19-3/h5,7-8,11-12,17H,4,6,9-10H2,1-3H3. The molecule has 1 heterocycles. The Bertz CT molecular complexity index is 494. The van der Waals surface area contributed by atoms with E-state index in [1.807, 2.05) is 43.0 Å². The third-order valence-electron chi connectivity index (χ3n) is 3.85. The fourth-order valence-corrected chi connectivity index (χ4v) is 3.88. The Hall–Kier alpha value is -1.36. The van der Waals surface area contributed by atoms with E-state index in [-0.39, 0.29) is 11.2 Å². The van der Waals surface area contributed by atoms with Gasteiger partial charge in [-0.1, -0.05) is 13.0 Å². The third-order valence-corrected chi connectivity index (χ3v) is 5.28. The molecule has 2 rings (SSSR count). The Morgan fingerprint density at radius 1 is 1.52 bits per heavy atom. The number of thioether (sulfide) groups is 1. The highest BCUT2D eigenvalue weighted by molar-refractivity contribution is 8.00. The molecule has 1 saturated heterocycles. The molecular formula is C16H23NO3S. The van der Waals surface area contributed by atoms with Gasteiger partial charge in [0.15, 0.2) is 0 Å². The highest BCUT2D eigenvalue weighted by Crippen LogP contribution is 2.38. The normalized spacial score (nSPS) is 25.2. The van der Waals surface area contributed by atoms with Crippen LogP contribution in [0.3, 0.4) is 0 Å². The number of esters is 1. The lowest BCUT2D eigenvalue weighted by Crippen LogP contribution is -2.56. The van der Waals surface area contributed by atoms with Crippen molar-refractivity contribution in [2.45, 2.75) is 37.5 Å². The van der Waals surface area contributed by atoms with Crippen molar-refractivity contribution < 1.29 is 14.3 Å². The number of carbonyl (C=O) groups excluding carboxylic acids is 1. The van der Waals surface area contributed by atoms with Crippen molar-refractivity contribution in [2.24, 2.45) is 0 Å². The maximum Gasteiger partial charge on any atom is 0.332 e. The van der Waals surface area contributed by atoms with Gasteiger partial charge in [0.1, 0.15) is 11.3 Å². The average Bonchev–Trinajstić information content (AvgIpc) is 2.50. The molecule has 0 bridgehead atoms. The van der Waals surface area contributed by atoms with Crippen LogP contribution in [0.15, 0.2) is 24.3 Å². The smallest absolute Gasteiger partial charge is 0.332 e. The van der Waals surface area contributed by atoms with Crippen LogP contribution in [-0.2, 0) is 9.53 Å². The van der Waals surface area contributed by atoms with Crippen LogP contribution in [0.5, 0.6) is 5.75 Å². The number of benzene rings is 1. The van der Waals surface area contributed by atoms with E-state index in [2.05, 4.69) is 12.2 Å². The number of ether oxygens (including phenoxy) is 2. The van der Waals surface area contributed by atoms with Crippen LogP contribution >= 0.6 is 11.8 Å². The topological polar surface area (TPSA) is 47.6 Å². The molecule has 1 aromatic rings.